The molecule has 166 valence electrons. The summed E-state index contributed by atoms with van der Waals surface area (Å²) in [4.78, 5) is 33.0. The number of piperazine rings is 1. The van der Waals surface area contributed by atoms with Gasteiger partial charge in [-0.2, -0.15) is 0 Å². The summed E-state index contributed by atoms with van der Waals surface area (Å²) in [5.41, 5.74) is 2.17. The van der Waals surface area contributed by atoms with Gasteiger partial charge in [0.05, 0.1) is 5.69 Å². The monoisotopic (exact) mass is 456 g/mol. The van der Waals surface area contributed by atoms with Crippen LogP contribution in [0.4, 0.5) is 14.9 Å². The minimum atomic E-state index is -0.352. The molecule has 4 rings (SSSR count). The average molecular weight is 457 g/mol. The van der Waals surface area contributed by atoms with Gasteiger partial charge in [-0.1, -0.05) is 17.7 Å². The predicted molar refractivity (Wildman–Crippen MR) is 119 cm³/mol. The van der Waals surface area contributed by atoms with E-state index >= 15 is 0 Å². The summed E-state index contributed by atoms with van der Waals surface area (Å²) in [6.07, 6.45) is 0. The van der Waals surface area contributed by atoms with E-state index < -0.39 is 0 Å². The van der Waals surface area contributed by atoms with E-state index in [4.69, 9.17) is 11.6 Å². The Kier molecular flexibility index (Phi) is 6.09. The zero-order valence-corrected chi connectivity index (χ0v) is 18.4. The number of carbonyl (C=O) groups excluding carboxylic acids is 2. The van der Waals surface area contributed by atoms with E-state index in [9.17, 15) is 14.0 Å². The van der Waals surface area contributed by atoms with Crippen molar-refractivity contribution in [3.8, 4) is 5.69 Å². The van der Waals surface area contributed by atoms with Crippen molar-refractivity contribution in [2.45, 2.75) is 13.8 Å². The topological polar surface area (TPSA) is 83.4 Å². The van der Waals surface area contributed by atoms with Gasteiger partial charge in [0.15, 0.2) is 0 Å². The number of halogens is 2. The number of aryl methyl sites for hydroxylation is 2. The van der Waals surface area contributed by atoms with Crippen LogP contribution in [-0.4, -0.2) is 62.7 Å². The van der Waals surface area contributed by atoms with Crippen LogP contribution in [-0.2, 0) is 0 Å². The van der Waals surface area contributed by atoms with E-state index in [2.05, 4.69) is 15.4 Å². The number of nitrogens with zero attached hydrogens (tertiary/aromatic N) is 5. The number of rotatable bonds is 3. The highest BCUT2D eigenvalue weighted by Gasteiger charge is 2.27. The lowest BCUT2D eigenvalue weighted by atomic mass is 10.2. The van der Waals surface area contributed by atoms with Crippen LogP contribution in [0.25, 0.3) is 5.69 Å². The minimum Gasteiger partial charge on any atom is -0.332 e. The van der Waals surface area contributed by atoms with Crippen LogP contribution < -0.4 is 5.32 Å². The predicted octanol–water partition coefficient (Wildman–Crippen LogP) is 3.67. The Morgan fingerprint density at radius 2 is 1.66 bits per heavy atom. The standard InChI is InChI=1S/C22H22ClFN6O2/c1-14-3-6-17(13-19(14)23)26-22(32)29-11-9-28(10-12-29)21(31)20-25-15(2)30(27-20)18-7-4-16(24)5-8-18/h3-8,13H,9-12H2,1-2H3,(H,26,32). The molecule has 0 radical (unpaired) electrons. The van der Waals surface area contributed by atoms with Gasteiger partial charge in [-0.25, -0.2) is 18.9 Å². The molecule has 0 unspecified atom stereocenters. The van der Waals surface area contributed by atoms with Gasteiger partial charge < -0.3 is 15.1 Å². The first-order valence-electron chi connectivity index (χ1n) is 10.1. The molecule has 0 bridgehead atoms. The van der Waals surface area contributed by atoms with Crippen molar-refractivity contribution >= 4 is 29.2 Å². The number of carbonyl (C=O) groups is 2. The summed E-state index contributed by atoms with van der Waals surface area (Å²) in [6.45, 7) is 5.12. The smallest absolute Gasteiger partial charge is 0.321 e. The third-order valence-corrected chi connectivity index (χ3v) is 5.72. The first kappa shape index (κ1) is 21.8. The molecule has 1 saturated heterocycles. The Labute approximate surface area is 189 Å². The Hall–Kier alpha value is -3.46. The molecule has 0 saturated carbocycles. The van der Waals surface area contributed by atoms with Gasteiger partial charge >= 0.3 is 6.03 Å². The molecule has 8 nitrogen and oxygen atoms in total. The average Bonchev–Trinajstić information content (AvgIpc) is 3.18. The van der Waals surface area contributed by atoms with Crippen LogP contribution in [0.2, 0.25) is 5.02 Å². The van der Waals surface area contributed by atoms with Crippen LogP contribution in [0.3, 0.4) is 0 Å². The Morgan fingerprint density at radius 3 is 2.31 bits per heavy atom. The van der Waals surface area contributed by atoms with Crippen molar-refractivity contribution in [3.63, 3.8) is 0 Å². The van der Waals surface area contributed by atoms with E-state index in [1.165, 1.54) is 16.8 Å². The molecule has 1 N–H and O–H groups in total. The van der Waals surface area contributed by atoms with Crippen LogP contribution in [0.1, 0.15) is 22.0 Å². The lowest BCUT2D eigenvalue weighted by molar-refractivity contribution is 0.0659. The molecule has 1 aromatic heterocycles. The summed E-state index contributed by atoms with van der Waals surface area (Å²) in [5.74, 6) is -0.0664. The van der Waals surface area contributed by atoms with Gasteiger partial charge in [0.1, 0.15) is 11.6 Å². The van der Waals surface area contributed by atoms with E-state index in [1.807, 2.05) is 13.0 Å². The summed E-state index contributed by atoms with van der Waals surface area (Å²) >= 11 is 6.11. The summed E-state index contributed by atoms with van der Waals surface area (Å²) in [5, 5.41) is 7.71. The van der Waals surface area contributed by atoms with Crippen molar-refractivity contribution in [2.75, 3.05) is 31.5 Å². The molecule has 2 heterocycles. The lowest BCUT2D eigenvalue weighted by Gasteiger charge is -2.34. The number of hydrogen-bond donors (Lipinski definition) is 1. The Morgan fingerprint density at radius 1 is 1.00 bits per heavy atom. The maximum Gasteiger partial charge on any atom is 0.321 e. The van der Waals surface area contributed by atoms with Gasteiger partial charge in [-0.3, -0.25) is 4.79 Å². The number of urea groups is 1. The molecule has 0 spiro atoms. The van der Waals surface area contributed by atoms with Crippen molar-refractivity contribution < 1.29 is 14.0 Å². The Balaban J connectivity index is 1.37. The second kappa shape index (κ2) is 8.96. The molecule has 3 amide bonds. The van der Waals surface area contributed by atoms with Crippen molar-refractivity contribution in [1.82, 2.24) is 24.6 Å². The molecular formula is C22H22ClFN6O2. The lowest BCUT2D eigenvalue weighted by Crippen LogP contribution is -2.51. The molecule has 2 aromatic carbocycles. The SMILES string of the molecule is Cc1ccc(NC(=O)N2CCN(C(=O)c3nc(C)n(-c4ccc(F)cc4)n3)CC2)cc1Cl. The molecule has 1 aliphatic rings. The second-order valence-electron chi connectivity index (χ2n) is 7.54. The number of aromatic nitrogens is 3. The van der Waals surface area contributed by atoms with Crippen LogP contribution >= 0.6 is 11.6 Å². The summed E-state index contributed by atoms with van der Waals surface area (Å²) in [6, 6.07) is 10.9. The molecule has 3 aromatic rings. The molecule has 32 heavy (non-hydrogen) atoms. The number of nitrogens with one attached hydrogen (secondary N) is 1. The zero-order valence-electron chi connectivity index (χ0n) is 17.7. The molecular weight excluding hydrogens is 435 g/mol. The first-order valence-corrected chi connectivity index (χ1v) is 10.5. The van der Waals surface area contributed by atoms with Crippen molar-refractivity contribution in [2.24, 2.45) is 0 Å². The quantitative estimate of drug-likeness (QED) is 0.651. The number of anilines is 1. The van der Waals surface area contributed by atoms with E-state index in [0.717, 1.165) is 5.56 Å². The van der Waals surface area contributed by atoms with Crippen molar-refractivity contribution in [1.29, 1.82) is 0 Å². The molecule has 1 fully saturated rings. The van der Waals surface area contributed by atoms with Crippen LogP contribution in [0.15, 0.2) is 42.5 Å². The molecule has 10 heteroatoms. The summed E-state index contributed by atoms with van der Waals surface area (Å²) < 4.78 is 14.7. The minimum absolute atomic E-state index is 0.0685. The van der Waals surface area contributed by atoms with E-state index in [0.29, 0.717) is 48.4 Å². The second-order valence-corrected chi connectivity index (χ2v) is 7.95. The highest BCUT2D eigenvalue weighted by atomic mass is 35.5. The van der Waals surface area contributed by atoms with Gasteiger partial charge in [0, 0.05) is 36.9 Å². The first-order chi connectivity index (χ1) is 15.3. The van der Waals surface area contributed by atoms with Crippen molar-refractivity contribution in [3.05, 3.63) is 70.5 Å². The largest absolute Gasteiger partial charge is 0.332 e. The third kappa shape index (κ3) is 4.57. The fourth-order valence-corrected chi connectivity index (χ4v) is 3.62. The maximum atomic E-state index is 13.2. The highest BCUT2D eigenvalue weighted by molar-refractivity contribution is 6.31. The number of benzene rings is 2. The van der Waals surface area contributed by atoms with E-state index in [-0.39, 0.29) is 23.6 Å². The number of hydrogen-bond acceptors (Lipinski definition) is 4. The molecule has 0 aliphatic carbocycles. The van der Waals surface area contributed by atoms with Gasteiger partial charge in [0.25, 0.3) is 5.91 Å². The maximum absolute atomic E-state index is 13.2. The normalized spacial score (nSPS) is 13.9. The van der Waals surface area contributed by atoms with Gasteiger partial charge in [-0.05, 0) is 55.8 Å². The highest BCUT2D eigenvalue weighted by Crippen LogP contribution is 2.20. The third-order valence-electron chi connectivity index (χ3n) is 5.31. The van der Waals surface area contributed by atoms with Crippen LogP contribution in [0.5, 0.6) is 0 Å². The van der Waals surface area contributed by atoms with E-state index in [1.54, 1.807) is 41.0 Å². The van der Waals surface area contributed by atoms with Gasteiger partial charge in [0.2, 0.25) is 5.82 Å². The molecule has 0 atom stereocenters. The zero-order chi connectivity index (χ0) is 22.8. The van der Waals surface area contributed by atoms with Crippen LogP contribution in [0, 0.1) is 19.7 Å². The fourth-order valence-electron chi connectivity index (χ4n) is 3.43. The molecule has 1 aliphatic heterocycles. The van der Waals surface area contributed by atoms with Gasteiger partial charge in [-0.15, -0.1) is 5.10 Å². The fraction of sp³-hybridized carbons (Fsp3) is 0.273. The Bertz CT molecular complexity index is 1160. The number of amides is 3. The summed E-state index contributed by atoms with van der Waals surface area (Å²) in [7, 11) is 0.